The van der Waals surface area contributed by atoms with Crippen molar-refractivity contribution in [2.45, 2.75) is 4.90 Å². The molecule has 0 saturated heterocycles. The molecule has 0 atom stereocenters. The number of methoxy groups -OCH3 is 2. The molecular weight excluding hydrogens is 368 g/mol. The first-order chi connectivity index (χ1) is 13.0. The van der Waals surface area contributed by atoms with Crippen molar-refractivity contribution in [3.8, 4) is 17.2 Å². The number of hydrogen-bond donors (Lipinski definition) is 2. The summed E-state index contributed by atoms with van der Waals surface area (Å²) in [6.07, 6.45) is 0. The highest BCUT2D eigenvalue weighted by molar-refractivity contribution is 7.99. The third-order valence-electron chi connectivity index (χ3n) is 3.48. The molecule has 0 aliphatic carbocycles. The molecule has 0 radical (unpaired) electrons. The fourth-order valence-corrected chi connectivity index (χ4v) is 3.04. The average molecular weight is 390 g/mol. The van der Waals surface area contributed by atoms with Gasteiger partial charge in [0.2, 0.25) is 5.75 Å². The van der Waals surface area contributed by atoms with E-state index in [4.69, 9.17) is 19.9 Å². The molecule has 27 heavy (non-hydrogen) atoms. The predicted molar refractivity (Wildman–Crippen MR) is 104 cm³/mol. The third kappa shape index (κ3) is 6.10. The number of ether oxygens (including phenoxy) is 3. The van der Waals surface area contributed by atoms with Crippen LogP contribution in [-0.4, -0.2) is 44.9 Å². The molecule has 2 rings (SSSR count). The smallest absolute Gasteiger partial charge is 0.255 e. The number of rotatable bonds is 10. The van der Waals surface area contributed by atoms with Crippen molar-refractivity contribution >= 4 is 23.6 Å². The second kappa shape index (κ2) is 10.3. The molecule has 0 aliphatic heterocycles. The molecule has 0 aliphatic rings. The Kier molecular flexibility index (Phi) is 7.81. The lowest BCUT2D eigenvalue weighted by Gasteiger charge is -2.15. The number of carbonyl (C=O) groups excluding carboxylic acids is 2. The van der Waals surface area contributed by atoms with Gasteiger partial charge in [0, 0.05) is 22.8 Å². The first-order valence-corrected chi connectivity index (χ1v) is 9.17. The van der Waals surface area contributed by atoms with Gasteiger partial charge in [-0.05, 0) is 24.3 Å². The Hall–Kier alpha value is -2.87. The van der Waals surface area contributed by atoms with Gasteiger partial charge in [-0.25, -0.2) is 0 Å². The van der Waals surface area contributed by atoms with Crippen molar-refractivity contribution in [1.82, 2.24) is 5.32 Å². The monoisotopic (exact) mass is 390 g/mol. The molecule has 0 saturated carbocycles. The summed E-state index contributed by atoms with van der Waals surface area (Å²) in [4.78, 5) is 24.5. The maximum absolute atomic E-state index is 12.4. The van der Waals surface area contributed by atoms with Gasteiger partial charge in [-0.15, -0.1) is 11.8 Å². The Morgan fingerprint density at radius 2 is 1.70 bits per heavy atom. The normalized spacial score (nSPS) is 10.1. The van der Waals surface area contributed by atoms with Crippen LogP contribution in [0, 0.1) is 0 Å². The zero-order valence-electron chi connectivity index (χ0n) is 15.2. The topological polar surface area (TPSA) is 99.9 Å². The minimum Gasteiger partial charge on any atom is -0.493 e. The van der Waals surface area contributed by atoms with Gasteiger partial charge in [0.1, 0.15) is 0 Å². The second-order valence-electron chi connectivity index (χ2n) is 5.38. The first kappa shape index (κ1) is 20.4. The molecule has 3 N–H and O–H groups in total. The molecular formula is C19H22N2O5S. The van der Waals surface area contributed by atoms with E-state index < -0.39 is 5.91 Å². The van der Waals surface area contributed by atoms with E-state index in [1.807, 2.05) is 30.3 Å². The van der Waals surface area contributed by atoms with Crippen LogP contribution in [0.25, 0.3) is 0 Å². The van der Waals surface area contributed by atoms with E-state index in [1.165, 1.54) is 26.4 Å². The summed E-state index contributed by atoms with van der Waals surface area (Å²) in [5.41, 5.74) is 5.46. The van der Waals surface area contributed by atoms with Crippen molar-refractivity contribution in [3.63, 3.8) is 0 Å². The van der Waals surface area contributed by atoms with Crippen molar-refractivity contribution < 1.29 is 23.8 Å². The molecule has 144 valence electrons. The maximum Gasteiger partial charge on any atom is 0.255 e. The standard InChI is InChI=1S/C19H22N2O5S/c1-24-15-10-13(11-16(25-2)18(15)26-12-17(20)22)19(23)21-8-9-27-14-6-4-3-5-7-14/h3-7,10-11H,8-9,12H2,1-2H3,(H2,20,22)(H,21,23). The van der Waals surface area contributed by atoms with Crippen LogP contribution < -0.4 is 25.3 Å². The first-order valence-electron chi connectivity index (χ1n) is 8.18. The van der Waals surface area contributed by atoms with E-state index >= 15 is 0 Å². The Balaban J connectivity index is 2.01. The van der Waals surface area contributed by atoms with Crippen molar-refractivity contribution in [2.75, 3.05) is 33.1 Å². The zero-order valence-corrected chi connectivity index (χ0v) is 16.0. The fourth-order valence-electron chi connectivity index (χ4n) is 2.25. The van der Waals surface area contributed by atoms with Gasteiger partial charge >= 0.3 is 0 Å². The van der Waals surface area contributed by atoms with Gasteiger partial charge in [0.05, 0.1) is 14.2 Å². The van der Waals surface area contributed by atoms with E-state index in [0.717, 1.165) is 10.6 Å². The summed E-state index contributed by atoms with van der Waals surface area (Å²) in [5, 5.41) is 2.86. The van der Waals surface area contributed by atoms with Gasteiger partial charge in [0.25, 0.3) is 11.8 Å². The van der Waals surface area contributed by atoms with Crippen molar-refractivity contribution in [1.29, 1.82) is 0 Å². The minimum absolute atomic E-state index is 0.218. The molecule has 8 heteroatoms. The number of carbonyl (C=O) groups is 2. The Labute approximate surface area is 162 Å². The Bertz CT molecular complexity index is 758. The molecule has 2 aromatic rings. The van der Waals surface area contributed by atoms with Gasteiger partial charge in [-0.2, -0.15) is 0 Å². The van der Waals surface area contributed by atoms with Crippen LogP contribution >= 0.6 is 11.8 Å². The summed E-state index contributed by atoms with van der Waals surface area (Å²) in [5.74, 6) is 0.622. The highest BCUT2D eigenvalue weighted by Crippen LogP contribution is 2.38. The summed E-state index contributed by atoms with van der Waals surface area (Å²) in [6, 6.07) is 13.0. The molecule has 7 nitrogen and oxygen atoms in total. The van der Waals surface area contributed by atoms with Crippen molar-refractivity contribution in [3.05, 3.63) is 48.0 Å². The quantitative estimate of drug-likeness (QED) is 0.476. The fraction of sp³-hybridized carbons (Fsp3) is 0.263. The lowest BCUT2D eigenvalue weighted by atomic mass is 10.1. The summed E-state index contributed by atoms with van der Waals surface area (Å²) < 4.78 is 15.8. The molecule has 0 fully saturated rings. The largest absolute Gasteiger partial charge is 0.493 e. The summed E-state index contributed by atoms with van der Waals surface area (Å²) in [7, 11) is 2.87. The number of benzene rings is 2. The molecule has 0 unspecified atom stereocenters. The number of nitrogens with one attached hydrogen (secondary N) is 1. The van der Waals surface area contributed by atoms with E-state index in [9.17, 15) is 9.59 Å². The Morgan fingerprint density at radius 1 is 1.07 bits per heavy atom. The van der Waals surface area contributed by atoms with Crippen LogP contribution in [0.2, 0.25) is 0 Å². The Morgan fingerprint density at radius 3 is 2.26 bits per heavy atom. The second-order valence-corrected chi connectivity index (χ2v) is 6.55. The van der Waals surface area contributed by atoms with Crippen LogP contribution in [0.4, 0.5) is 0 Å². The van der Waals surface area contributed by atoms with E-state index in [-0.39, 0.29) is 29.8 Å². The van der Waals surface area contributed by atoms with Crippen molar-refractivity contribution in [2.24, 2.45) is 5.73 Å². The van der Waals surface area contributed by atoms with Gasteiger partial charge in [-0.3, -0.25) is 9.59 Å². The maximum atomic E-state index is 12.4. The molecule has 0 heterocycles. The number of nitrogens with two attached hydrogens (primary N) is 1. The highest BCUT2D eigenvalue weighted by Gasteiger charge is 2.18. The number of amides is 2. The lowest BCUT2D eigenvalue weighted by molar-refractivity contribution is -0.120. The van der Waals surface area contributed by atoms with Gasteiger partial charge < -0.3 is 25.3 Å². The minimum atomic E-state index is -0.628. The molecule has 0 spiro atoms. The number of thioether (sulfide) groups is 1. The van der Waals surface area contributed by atoms with Gasteiger partial charge in [0.15, 0.2) is 18.1 Å². The SMILES string of the molecule is COc1cc(C(=O)NCCSc2ccccc2)cc(OC)c1OCC(N)=O. The van der Waals surface area contributed by atoms with E-state index in [1.54, 1.807) is 11.8 Å². The van der Waals surface area contributed by atoms with Crippen LogP contribution in [0.1, 0.15) is 10.4 Å². The highest BCUT2D eigenvalue weighted by atomic mass is 32.2. The van der Waals surface area contributed by atoms with Crippen LogP contribution in [0.5, 0.6) is 17.2 Å². The van der Waals surface area contributed by atoms with Crippen LogP contribution in [0.3, 0.4) is 0 Å². The van der Waals surface area contributed by atoms with Crippen LogP contribution in [-0.2, 0) is 4.79 Å². The summed E-state index contributed by atoms with van der Waals surface area (Å²) >= 11 is 1.66. The van der Waals surface area contributed by atoms with E-state index in [2.05, 4.69) is 5.32 Å². The lowest BCUT2D eigenvalue weighted by Crippen LogP contribution is -2.26. The van der Waals surface area contributed by atoms with E-state index in [0.29, 0.717) is 12.1 Å². The van der Waals surface area contributed by atoms with Gasteiger partial charge in [-0.1, -0.05) is 18.2 Å². The third-order valence-corrected chi connectivity index (χ3v) is 4.49. The summed E-state index contributed by atoms with van der Waals surface area (Å²) in [6.45, 7) is 0.178. The molecule has 2 aromatic carbocycles. The predicted octanol–water partition coefficient (Wildman–Crippen LogP) is 2.09. The van der Waals surface area contributed by atoms with Crippen LogP contribution in [0.15, 0.2) is 47.4 Å². The zero-order chi connectivity index (χ0) is 19.6. The molecule has 0 aromatic heterocycles. The molecule has 0 bridgehead atoms. The molecule has 2 amide bonds. The number of primary amides is 1. The average Bonchev–Trinajstić information content (AvgIpc) is 2.69. The number of hydrogen-bond acceptors (Lipinski definition) is 6.